The van der Waals surface area contributed by atoms with E-state index in [-0.39, 0.29) is 10.8 Å². The van der Waals surface area contributed by atoms with Crippen molar-refractivity contribution in [1.82, 2.24) is 24.1 Å². The SMILES string of the molecule is CC1(C)c2ccccc2-c2ccc3c4ccccc4n(-c4nc(-c5ccccc5)nc(-c5ccccc5-n5c6ccccc6c6ccc7c(c65)C(C)(C)c5ccccc5-7)n4)c3c21. The summed E-state index contributed by atoms with van der Waals surface area (Å²) in [7, 11) is 0. The van der Waals surface area contributed by atoms with Crippen LogP contribution >= 0.6 is 0 Å². The van der Waals surface area contributed by atoms with Gasteiger partial charge in [0.2, 0.25) is 5.95 Å². The summed E-state index contributed by atoms with van der Waals surface area (Å²) in [4.78, 5) is 16.4. The molecule has 2 aliphatic rings. The fourth-order valence-corrected chi connectivity index (χ4v) is 11.2. The maximum Gasteiger partial charge on any atom is 0.238 e. The van der Waals surface area contributed by atoms with Crippen molar-refractivity contribution in [3.05, 3.63) is 198 Å². The lowest BCUT2D eigenvalue weighted by molar-refractivity contribution is 0.663. The lowest BCUT2D eigenvalue weighted by Crippen LogP contribution is -2.17. The Morgan fingerprint density at radius 1 is 0.355 bits per heavy atom. The van der Waals surface area contributed by atoms with Gasteiger partial charge in [0.05, 0.1) is 27.8 Å². The topological polar surface area (TPSA) is 48.5 Å². The molecule has 294 valence electrons. The van der Waals surface area contributed by atoms with Gasteiger partial charge in [-0.1, -0.05) is 179 Å². The molecule has 0 aliphatic heterocycles. The van der Waals surface area contributed by atoms with E-state index < -0.39 is 0 Å². The van der Waals surface area contributed by atoms with Crippen molar-refractivity contribution < 1.29 is 0 Å². The number of nitrogens with zero attached hydrogens (tertiary/aromatic N) is 5. The van der Waals surface area contributed by atoms with Gasteiger partial charge in [0.1, 0.15) is 0 Å². The van der Waals surface area contributed by atoms with E-state index in [1.165, 1.54) is 71.6 Å². The van der Waals surface area contributed by atoms with Crippen molar-refractivity contribution in [2.45, 2.75) is 38.5 Å². The predicted molar refractivity (Wildman–Crippen MR) is 255 cm³/mol. The number of rotatable bonds is 4. The van der Waals surface area contributed by atoms with Gasteiger partial charge in [-0.3, -0.25) is 4.57 Å². The highest BCUT2D eigenvalue weighted by Gasteiger charge is 2.40. The third-order valence-corrected chi connectivity index (χ3v) is 13.9. The summed E-state index contributed by atoms with van der Waals surface area (Å²) in [5, 5.41) is 4.81. The predicted octanol–water partition coefficient (Wildman–Crippen LogP) is 14.0. The molecule has 0 N–H and O–H groups in total. The van der Waals surface area contributed by atoms with Crippen LogP contribution in [0.3, 0.4) is 0 Å². The van der Waals surface area contributed by atoms with E-state index in [1.54, 1.807) is 0 Å². The van der Waals surface area contributed by atoms with Crippen LogP contribution in [0.2, 0.25) is 0 Å². The minimum Gasteiger partial charge on any atom is -0.308 e. The van der Waals surface area contributed by atoms with Crippen molar-refractivity contribution >= 4 is 43.6 Å². The normalized spacial score (nSPS) is 14.4. The molecule has 3 heterocycles. The number of aromatic nitrogens is 5. The molecule has 11 aromatic rings. The Balaban J connectivity index is 1.13. The summed E-state index contributed by atoms with van der Waals surface area (Å²) in [5.41, 5.74) is 17.4. The summed E-state index contributed by atoms with van der Waals surface area (Å²) < 4.78 is 4.79. The summed E-state index contributed by atoms with van der Waals surface area (Å²) in [6.07, 6.45) is 0. The van der Waals surface area contributed by atoms with Crippen LogP contribution in [-0.2, 0) is 10.8 Å². The molecular weight excluding hydrogens is 755 g/mol. The molecule has 0 bridgehead atoms. The van der Waals surface area contributed by atoms with Crippen LogP contribution in [0.25, 0.3) is 100 Å². The molecule has 0 amide bonds. The summed E-state index contributed by atoms with van der Waals surface area (Å²) in [6, 6.07) is 63.5. The van der Waals surface area contributed by atoms with Crippen molar-refractivity contribution in [2.75, 3.05) is 0 Å². The fraction of sp³-hybridized carbons (Fsp3) is 0.105. The monoisotopic (exact) mass is 795 g/mol. The molecule has 13 rings (SSSR count). The summed E-state index contributed by atoms with van der Waals surface area (Å²) in [5.74, 6) is 1.84. The first-order valence-corrected chi connectivity index (χ1v) is 21.6. The van der Waals surface area contributed by atoms with E-state index in [2.05, 4.69) is 207 Å². The molecule has 0 saturated carbocycles. The van der Waals surface area contributed by atoms with Crippen LogP contribution in [-0.4, -0.2) is 24.1 Å². The zero-order valence-electron chi connectivity index (χ0n) is 35.0. The molecule has 0 radical (unpaired) electrons. The minimum absolute atomic E-state index is 0.225. The average molecular weight is 796 g/mol. The van der Waals surface area contributed by atoms with Gasteiger partial charge in [-0.2, -0.15) is 9.97 Å². The first kappa shape index (κ1) is 35.2. The quantitative estimate of drug-likeness (QED) is 0.178. The van der Waals surface area contributed by atoms with E-state index in [0.29, 0.717) is 17.6 Å². The Morgan fingerprint density at radius 2 is 0.823 bits per heavy atom. The fourth-order valence-electron chi connectivity index (χ4n) is 11.2. The van der Waals surface area contributed by atoms with Crippen molar-refractivity contribution in [3.63, 3.8) is 0 Å². The second kappa shape index (κ2) is 12.5. The Bertz CT molecular complexity index is 3700. The standard InChI is InChI=1S/C57H41N5/c1-56(2)44-25-13-8-20-35(44)39-30-32-41-37-22-10-15-27-46(37)61(51(41)49(39)56)48-29-17-12-24-43(48)54-58-53(34-18-6-5-7-19-34)59-55(60-54)62-47-28-16-11-23-38(47)42-33-31-40-36-21-9-14-26-45(36)57(3,4)50(40)52(42)62/h5-33H,1-4H3. The largest absolute Gasteiger partial charge is 0.308 e. The molecule has 5 nitrogen and oxygen atoms in total. The molecule has 0 saturated heterocycles. The van der Waals surface area contributed by atoms with Gasteiger partial charge in [0.15, 0.2) is 11.6 Å². The molecule has 3 aromatic heterocycles. The van der Waals surface area contributed by atoms with Crippen LogP contribution in [0.15, 0.2) is 176 Å². The lowest BCUT2D eigenvalue weighted by atomic mass is 9.81. The highest BCUT2D eigenvalue weighted by Crippen LogP contribution is 2.55. The van der Waals surface area contributed by atoms with Crippen molar-refractivity contribution in [3.8, 4) is 56.7 Å². The molecule has 0 atom stereocenters. The van der Waals surface area contributed by atoms with Gasteiger partial charge in [-0.15, -0.1) is 0 Å². The van der Waals surface area contributed by atoms with Crippen LogP contribution in [0.1, 0.15) is 49.9 Å². The van der Waals surface area contributed by atoms with E-state index in [9.17, 15) is 0 Å². The van der Waals surface area contributed by atoms with E-state index >= 15 is 0 Å². The maximum atomic E-state index is 5.59. The van der Waals surface area contributed by atoms with Crippen LogP contribution in [0.4, 0.5) is 0 Å². The molecule has 0 fully saturated rings. The number of hydrogen-bond donors (Lipinski definition) is 0. The third kappa shape index (κ3) is 4.60. The van der Waals surface area contributed by atoms with Gasteiger partial charge in [0, 0.05) is 43.5 Å². The molecule has 5 heteroatoms. The smallest absolute Gasteiger partial charge is 0.238 e. The number of hydrogen-bond acceptors (Lipinski definition) is 3. The zero-order valence-corrected chi connectivity index (χ0v) is 35.0. The maximum absolute atomic E-state index is 5.59. The van der Waals surface area contributed by atoms with Crippen molar-refractivity contribution in [2.24, 2.45) is 0 Å². The van der Waals surface area contributed by atoms with E-state index in [1.807, 2.05) is 6.07 Å². The van der Waals surface area contributed by atoms with Crippen LogP contribution in [0, 0.1) is 0 Å². The van der Waals surface area contributed by atoms with Gasteiger partial charge < -0.3 is 4.57 Å². The van der Waals surface area contributed by atoms with Crippen molar-refractivity contribution in [1.29, 1.82) is 0 Å². The summed E-state index contributed by atoms with van der Waals surface area (Å²) in [6.45, 7) is 9.45. The number of benzene rings is 8. The summed E-state index contributed by atoms with van der Waals surface area (Å²) >= 11 is 0. The van der Waals surface area contributed by atoms with Gasteiger partial charge >= 0.3 is 0 Å². The van der Waals surface area contributed by atoms with Crippen LogP contribution < -0.4 is 0 Å². The molecule has 0 unspecified atom stereocenters. The molecule has 62 heavy (non-hydrogen) atoms. The second-order valence-corrected chi connectivity index (χ2v) is 18.0. The first-order valence-electron chi connectivity index (χ1n) is 21.6. The Morgan fingerprint density at radius 3 is 1.44 bits per heavy atom. The average Bonchev–Trinajstić information content (AvgIpc) is 3.98. The number of fused-ring (bicyclic) bond motifs is 14. The second-order valence-electron chi connectivity index (χ2n) is 18.0. The third-order valence-electron chi connectivity index (χ3n) is 13.9. The number of para-hydroxylation sites is 3. The highest BCUT2D eigenvalue weighted by atomic mass is 15.2. The molecule has 0 spiro atoms. The molecule has 2 aliphatic carbocycles. The Hall–Kier alpha value is -7.63. The zero-order chi connectivity index (χ0) is 41.5. The minimum atomic E-state index is -0.257. The van der Waals surface area contributed by atoms with E-state index in [0.717, 1.165) is 33.4 Å². The lowest BCUT2D eigenvalue weighted by Gasteiger charge is -2.24. The Labute approximate surface area is 359 Å². The Kier molecular flexibility index (Phi) is 7.07. The molecular formula is C57H41N5. The first-order chi connectivity index (χ1) is 30.3. The van der Waals surface area contributed by atoms with Crippen LogP contribution in [0.5, 0.6) is 0 Å². The molecule has 8 aromatic carbocycles. The highest BCUT2D eigenvalue weighted by molar-refractivity contribution is 6.14. The van der Waals surface area contributed by atoms with Gasteiger partial charge in [-0.05, 0) is 68.8 Å². The van der Waals surface area contributed by atoms with E-state index in [4.69, 9.17) is 15.0 Å². The van der Waals surface area contributed by atoms with Gasteiger partial charge in [0.25, 0.3) is 0 Å². The van der Waals surface area contributed by atoms with Gasteiger partial charge in [-0.25, -0.2) is 4.98 Å².